The lowest BCUT2D eigenvalue weighted by molar-refractivity contribution is -0.134. The highest BCUT2D eigenvalue weighted by Crippen LogP contribution is 2.24. The Morgan fingerprint density at radius 2 is 2.21 bits per heavy atom. The maximum atomic E-state index is 12.4. The molecule has 1 aromatic rings. The van der Waals surface area contributed by atoms with Crippen LogP contribution >= 0.6 is 0 Å². The summed E-state index contributed by atoms with van der Waals surface area (Å²) in [5, 5.41) is 3.97. The van der Waals surface area contributed by atoms with Gasteiger partial charge in [0.25, 0.3) is 0 Å². The van der Waals surface area contributed by atoms with Crippen LogP contribution in [0.25, 0.3) is 0 Å². The number of hydrogen-bond donors (Lipinski definition) is 1. The summed E-state index contributed by atoms with van der Waals surface area (Å²) in [6.45, 7) is 5.33. The summed E-state index contributed by atoms with van der Waals surface area (Å²) >= 11 is 0. The van der Waals surface area contributed by atoms with Crippen LogP contribution < -0.4 is 5.73 Å². The molecule has 0 unspecified atom stereocenters. The number of aromatic nitrogens is 3. The zero-order valence-electron chi connectivity index (χ0n) is 11.7. The average Bonchev–Trinajstić information content (AvgIpc) is 2.97. The van der Waals surface area contributed by atoms with Crippen LogP contribution in [0.2, 0.25) is 0 Å². The van der Waals surface area contributed by atoms with Crippen molar-refractivity contribution in [3.05, 3.63) is 6.33 Å². The van der Waals surface area contributed by atoms with Gasteiger partial charge in [-0.1, -0.05) is 26.7 Å². The molecule has 6 heteroatoms. The van der Waals surface area contributed by atoms with Gasteiger partial charge < -0.3 is 10.6 Å². The fourth-order valence-electron chi connectivity index (χ4n) is 2.68. The molecule has 0 aromatic carbocycles. The quantitative estimate of drug-likeness (QED) is 0.870. The summed E-state index contributed by atoms with van der Waals surface area (Å²) < 4.78 is 1.51. The molecule has 1 aromatic heterocycles. The number of anilines is 1. The molecule has 19 heavy (non-hydrogen) atoms. The molecule has 1 heterocycles. The summed E-state index contributed by atoms with van der Waals surface area (Å²) in [5.41, 5.74) is 5.47. The van der Waals surface area contributed by atoms with Gasteiger partial charge in [-0.15, -0.1) is 5.10 Å². The maximum absolute atomic E-state index is 12.4. The van der Waals surface area contributed by atoms with Gasteiger partial charge in [-0.2, -0.15) is 0 Å². The van der Waals surface area contributed by atoms with Crippen molar-refractivity contribution in [2.45, 2.75) is 52.1 Å². The molecule has 0 atom stereocenters. The van der Waals surface area contributed by atoms with Gasteiger partial charge in [0, 0.05) is 12.6 Å². The standard InChI is InChI=1S/C13H23N5O/c1-10(2)7-18(11-5-3-4-6-11)12(19)8-17-9-15-13(14)16-17/h9-11H,3-8H2,1-2H3,(H2,14,16). The number of carbonyl (C=O) groups excluding carboxylic acids is 1. The highest BCUT2D eigenvalue weighted by molar-refractivity contribution is 5.76. The van der Waals surface area contributed by atoms with Crippen molar-refractivity contribution in [1.82, 2.24) is 19.7 Å². The van der Waals surface area contributed by atoms with E-state index in [9.17, 15) is 4.79 Å². The van der Waals surface area contributed by atoms with E-state index < -0.39 is 0 Å². The van der Waals surface area contributed by atoms with E-state index in [1.165, 1.54) is 23.9 Å². The molecule has 6 nitrogen and oxygen atoms in total. The van der Waals surface area contributed by atoms with E-state index >= 15 is 0 Å². The first-order valence-electron chi connectivity index (χ1n) is 7.00. The first kappa shape index (κ1) is 13.8. The lowest BCUT2D eigenvalue weighted by Gasteiger charge is -2.30. The Bertz CT molecular complexity index is 422. The minimum absolute atomic E-state index is 0.116. The third-order valence-electron chi connectivity index (χ3n) is 3.50. The van der Waals surface area contributed by atoms with Gasteiger partial charge >= 0.3 is 0 Å². The van der Waals surface area contributed by atoms with E-state index in [4.69, 9.17) is 5.73 Å². The van der Waals surface area contributed by atoms with Crippen molar-refractivity contribution >= 4 is 11.9 Å². The van der Waals surface area contributed by atoms with Crippen molar-refractivity contribution < 1.29 is 4.79 Å². The van der Waals surface area contributed by atoms with Crippen molar-refractivity contribution in [1.29, 1.82) is 0 Å². The van der Waals surface area contributed by atoms with Crippen molar-refractivity contribution in [2.24, 2.45) is 5.92 Å². The van der Waals surface area contributed by atoms with Crippen LogP contribution in [0.1, 0.15) is 39.5 Å². The summed E-state index contributed by atoms with van der Waals surface area (Å²) in [6.07, 6.45) is 6.21. The molecule has 0 aliphatic heterocycles. The van der Waals surface area contributed by atoms with E-state index in [0.29, 0.717) is 12.0 Å². The molecular weight excluding hydrogens is 242 g/mol. The minimum Gasteiger partial charge on any atom is -0.367 e. The van der Waals surface area contributed by atoms with Crippen molar-refractivity contribution in [3.8, 4) is 0 Å². The molecule has 0 bridgehead atoms. The molecule has 1 saturated carbocycles. The molecule has 0 radical (unpaired) electrons. The summed E-state index contributed by atoms with van der Waals surface area (Å²) in [4.78, 5) is 18.3. The van der Waals surface area contributed by atoms with Crippen LogP contribution in [-0.2, 0) is 11.3 Å². The molecule has 1 aliphatic rings. The van der Waals surface area contributed by atoms with Crippen molar-refractivity contribution in [2.75, 3.05) is 12.3 Å². The van der Waals surface area contributed by atoms with Gasteiger partial charge in [0.2, 0.25) is 11.9 Å². The Labute approximate surface area is 114 Å². The van der Waals surface area contributed by atoms with Crippen LogP contribution in [0, 0.1) is 5.92 Å². The van der Waals surface area contributed by atoms with E-state index in [0.717, 1.165) is 19.4 Å². The van der Waals surface area contributed by atoms with Crippen LogP contribution in [0.4, 0.5) is 5.95 Å². The number of rotatable bonds is 5. The molecule has 0 spiro atoms. The fraction of sp³-hybridized carbons (Fsp3) is 0.769. The maximum Gasteiger partial charge on any atom is 0.244 e. The van der Waals surface area contributed by atoms with Gasteiger partial charge in [0.05, 0.1) is 0 Å². The van der Waals surface area contributed by atoms with Gasteiger partial charge in [0.1, 0.15) is 12.9 Å². The van der Waals surface area contributed by atoms with Gasteiger partial charge in [0.15, 0.2) is 0 Å². The SMILES string of the molecule is CC(C)CN(C(=O)Cn1cnc(N)n1)C1CCCC1. The number of nitrogens with zero attached hydrogens (tertiary/aromatic N) is 4. The Hall–Kier alpha value is -1.59. The predicted molar refractivity (Wildman–Crippen MR) is 73.2 cm³/mol. The lowest BCUT2D eigenvalue weighted by atomic mass is 10.1. The van der Waals surface area contributed by atoms with Crippen LogP contribution in [0.5, 0.6) is 0 Å². The first-order chi connectivity index (χ1) is 9.06. The molecule has 1 amide bonds. The van der Waals surface area contributed by atoms with E-state index in [2.05, 4.69) is 23.9 Å². The third-order valence-corrected chi connectivity index (χ3v) is 3.50. The second kappa shape index (κ2) is 6.04. The van der Waals surface area contributed by atoms with Gasteiger partial charge in [-0.25, -0.2) is 9.67 Å². The largest absolute Gasteiger partial charge is 0.367 e. The summed E-state index contributed by atoms with van der Waals surface area (Å²) in [7, 11) is 0. The zero-order valence-corrected chi connectivity index (χ0v) is 11.7. The first-order valence-corrected chi connectivity index (χ1v) is 7.00. The topological polar surface area (TPSA) is 77.0 Å². The van der Waals surface area contributed by atoms with Crippen molar-refractivity contribution in [3.63, 3.8) is 0 Å². The van der Waals surface area contributed by atoms with Crippen LogP contribution in [0.3, 0.4) is 0 Å². The predicted octanol–water partition coefficient (Wildman–Crippen LogP) is 1.29. The normalized spacial score (nSPS) is 16.2. The fourth-order valence-corrected chi connectivity index (χ4v) is 2.68. The minimum atomic E-state index is 0.116. The van der Waals surface area contributed by atoms with E-state index in [1.54, 1.807) is 0 Å². The molecule has 2 rings (SSSR count). The van der Waals surface area contributed by atoms with E-state index in [-0.39, 0.29) is 18.4 Å². The molecule has 1 fully saturated rings. The van der Waals surface area contributed by atoms with E-state index in [1.807, 2.05) is 4.90 Å². The molecule has 2 N–H and O–H groups in total. The number of amides is 1. The number of nitrogen functional groups attached to an aromatic ring is 1. The number of hydrogen-bond acceptors (Lipinski definition) is 4. The summed E-state index contributed by atoms with van der Waals surface area (Å²) in [6, 6.07) is 0.399. The average molecular weight is 265 g/mol. The zero-order chi connectivity index (χ0) is 13.8. The number of carbonyl (C=O) groups is 1. The Balaban J connectivity index is 2.02. The Morgan fingerprint density at radius 1 is 1.53 bits per heavy atom. The molecular formula is C13H23N5O. The second-order valence-electron chi connectivity index (χ2n) is 5.68. The number of nitrogens with two attached hydrogens (primary N) is 1. The highest BCUT2D eigenvalue weighted by Gasteiger charge is 2.27. The monoisotopic (exact) mass is 265 g/mol. The van der Waals surface area contributed by atoms with Crippen LogP contribution in [-0.4, -0.2) is 38.2 Å². The molecule has 106 valence electrons. The molecule has 1 aliphatic carbocycles. The third kappa shape index (κ3) is 3.68. The Kier molecular flexibility index (Phi) is 4.39. The molecule has 0 saturated heterocycles. The smallest absolute Gasteiger partial charge is 0.244 e. The summed E-state index contributed by atoms with van der Waals surface area (Å²) in [5.74, 6) is 0.806. The second-order valence-corrected chi connectivity index (χ2v) is 5.68. The van der Waals surface area contributed by atoms with Gasteiger partial charge in [-0.05, 0) is 18.8 Å². The highest BCUT2D eigenvalue weighted by atomic mass is 16.2. The lowest BCUT2D eigenvalue weighted by Crippen LogP contribution is -2.43. The Morgan fingerprint density at radius 3 is 2.74 bits per heavy atom. The van der Waals surface area contributed by atoms with Gasteiger partial charge in [-0.3, -0.25) is 4.79 Å². The van der Waals surface area contributed by atoms with Crippen LogP contribution in [0.15, 0.2) is 6.33 Å².